The van der Waals surface area contributed by atoms with Crippen LogP contribution in [0.15, 0.2) is 72.6 Å². The number of amides is 1. The molecule has 3 aromatic rings. The number of β-amino-alcohol motifs (C(OH)–C–C–N with tert-alkyl or cyclic N) is 1. The minimum Gasteiger partial charge on any atom is -0.457 e. The molecule has 1 aliphatic heterocycles. The largest absolute Gasteiger partial charge is 0.457 e. The van der Waals surface area contributed by atoms with E-state index in [0.717, 1.165) is 11.3 Å². The fourth-order valence-electron chi connectivity index (χ4n) is 4.39. The van der Waals surface area contributed by atoms with Gasteiger partial charge in [-0.1, -0.05) is 30.3 Å². The van der Waals surface area contributed by atoms with Gasteiger partial charge in [0.15, 0.2) is 0 Å². The maximum absolute atomic E-state index is 12.8. The second kappa shape index (κ2) is 12.9. The van der Waals surface area contributed by atoms with Crippen LogP contribution in [0.5, 0.6) is 11.5 Å². The van der Waals surface area contributed by atoms with Gasteiger partial charge in [-0.25, -0.2) is 9.97 Å². The summed E-state index contributed by atoms with van der Waals surface area (Å²) in [5.74, 6) is 1.86. The van der Waals surface area contributed by atoms with Crippen LogP contribution < -0.4 is 15.8 Å². The zero-order valence-corrected chi connectivity index (χ0v) is 22.1. The number of hydrogen-bond acceptors (Lipinski definition) is 9. The number of aromatic nitrogens is 2. The van der Waals surface area contributed by atoms with E-state index in [0.29, 0.717) is 49.0 Å². The number of ether oxygens (including phenoxy) is 1. The van der Waals surface area contributed by atoms with Crippen LogP contribution in [0, 0.1) is 17.2 Å². The van der Waals surface area contributed by atoms with Crippen LogP contribution in [0.3, 0.4) is 0 Å². The fourth-order valence-corrected chi connectivity index (χ4v) is 4.39. The molecule has 2 atom stereocenters. The number of nitrogens with two attached hydrogens (primary N) is 1. The molecule has 0 unspecified atom stereocenters. The van der Waals surface area contributed by atoms with E-state index in [1.165, 1.54) is 6.33 Å². The number of nitrogen functional groups attached to an aromatic ring is 1. The lowest BCUT2D eigenvalue weighted by atomic mass is 9.93. The van der Waals surface area contributed by atoms with Crippen molar-refractivity contribution in [1.82, 2.24) is 19.8 Å². The summed E-state index contributed by atoms with van der Waals surface area (Å²) in [6, 6.07) is 19.0. The van der Waals surface area contributed by atoms with Crippen molar-refractivity contribution < 1.29 is 14.6 Å². The minimum atomic E-state index is -0.749. The van der Waals surface area contributed by atoms with Gasteiger partial charge in [0.25, 0.3) is 5.91 Å². The van der Waals surface area contributed by atoms with Gasteiger partial charge in [-0.2, -0.15) is 5.26 Å². The number of hydrogen-bond donors (Lipinski definition) is 3. The fraction of sp³-hybridized carbons (Fsp3) is 0.310. The minimum absolute atomic E-state index is 0.0914. The molecule has 0 aliphatic carbocycles. The van der Waals surface area contributed by atoms with Gasteiger partial charge in [-0.3, -0.25) is 4.79 Å². The Hall–Kier alpha value is -4.46. The number of anilines is 2. The van der Waals surface area contributed by atoms with Gasteiger partial charge in [0.1, 0.15) is 41.1 Å². The average Bonchev–Trinajstić information content (AvgIpc) is 2.93. The number of piperidine rings is 1. The lowest BCUT2D eigenvalue weighted by Gasteiger charge is -2.36. The standard InChI is InChI=1S/C29H33N7O3/c1-35(2)14-12-21(16-30)29(38)36-15-13-22(25(37)18-36)17-32-28-26(27(31)33-19-34-28)20-8-10-24(11-9-20)39-23-6-4-3-5-7-23/h3-12,19,22,25,37H,13-15,17-18H2,1-2H3,(H3,31,32,33,34)/b21-12+/t22-,25+/m0/s1. The highest BCUT2D eigenvalue weighted by Crippen LogP contribution is 2.33. The smallest absolute Gasteiger partial charge is 0.264 e. The molecule has 0 spiro atoms. The molecular formula is C29H33N7O3. The van der Waals surface area contributed by atoms with Crippen LogP contribution in [-0.2, 0) is 4.79 Å². The molecule has 2 heterocycles. The predicted molar refractivity (Wildman–Crippen MR) is 150 cm³/mol. The molecule has 4 rings (SSSR count). The summed E-state index contributed by atoms with van der Waals surface area (Å²) in [4.78, 5) is 24.8. The van der Waals surface area contributed by atoms with Gasteiger partial charge in [-0.05, 0) is 56.4 Å². The molecule has 1 aliphatic rings. The molecule has 4 N–H and O–H groups in total. The van der Waals surface area contributed by atoms with E-state index in [4.69, 9.17) is 10.5 Å². The molecule has 2 aromatic carbocycles. The summed E-state index contributed by atoms with van der Waals surface area (Å²) in [6.07, 6.45) is 2.84. The number of aliphatic hydroxyl groups is 1. The average molecular weight is 528 g/mol. The number of nitrogens with one attached hydrogen (secondary N) is 1. The molecule has 0 bridgehead atoms. The normalized spacial score (nSPS) is 17.5. The second-order valence-electron chi connectivity index (χ2n) is 9.66. The van der Waals surface area contributed by atoms with Crippen molar-refractivity contribution in [2.24, 2.45) is 5.92 Å². The number of likely N-dealkylation sites (N-methyl/N-ethyl adjacent to an activating group) is 1. The van der Waals surface area contributed by atoms with E-state index in [2.05, 4.69) is 15.3 Å². The number of aliphatic hydroxyl groups excluding tert-OH is 1. The molecule has 10 heteroatoms. The first-order valence-corrected chi connectivity index (χ1v) is 12.8. The zero-order valence-electron chi connectivity index (χ0n) is 22.1. The summed E-state index contributed by atoms with van der Waals surface area (Å²) < 4.78 is 5.88. The highest BCUT2D eigenvalue weighted by Gasteiger charge is 2.31. The van der Waals surface area contributed by atoms with Gasteiger partial charge in [0.05, 0.1) is 11.7 Å². The Morgan fingerprint density at radius 1 is 1.21 bits per heavy atom. The summed E-state index contributed by atoms with van der Waals surface area (Å²) in [5.41, 5.74) is 7.82. The quantitative estimate of drug-likeness (QED) is 0.283. The highest BCUT2D eigenvalue weighted by molar-refractivity contribution is 5.97. The Kier molecular flexibility index (Phi) is 9.10. The molecule has 202 valence electrons. The van der Waals surface area contributed by atoms with Gasteiger partial charge in [0.2, 0.25) is 0 Å². The molecule has 1 amide bonds. The summed E-state index contributed by atoms with van der Waals surface area (Å²) in [6.45, 7) is 1.53. The van der Waals surface area contributed by atoms with Crippen LogP contribution in [0.25, 0.3) is 11.1 Å². The third-order valence-corrected chi connectivity index (χ3v) is 6.55. The third kappa shape index (κ3) is 7.10. The Morgan fingerprint density at radius 3 is 2.59 bits per heavy atom. The van der Waals surface area contributed by atoms with Gasteiger partial charge >= 0.3 is 0 Å². The maximum Gasteiger partial charge on any atom is 0.264 e. The van der Waals surface area contributed by atoms with Crippen molar-refractivity contribution in [3.8, 4) is 28.7 Å². The first-order valence-electron chi connectivity index (χ1n) is 12.8. The number of likely N-dealkylation sites (tertiary alicyclic amines) is 1. The molecule has 1 fully saturated rings. The van der Waals surface area contributed by atoms with Crippen molar-refractivity contribution in [1.29, 1.82) is 5.26 Å². The zero-order chi connectivity index (χ0) is 27.8. The third-order valence-electron chi connectivity index (χ3n) is 6.55. The molecule has 39 heavy (non-hydrogen) atoms. The topological polar surface area (TPSA) is 141 Å². The summed E-state index contributed by atoms with van der Waals surface area (Å²) in [5, 5.41) is 23.5. The van der Waals surface area contributed by atoms with E-state index < -0.39 is 6.10 Å². The summed E-state index contributed by atoms with van der Waals surface area (Å²) >= 11 is 0. The highest BCUT2D eigenvalue weighted by atomic mass is 16.5. The number of nitriles is 1. The summed E-state index contributed by atoms with van der Waals surface area (Å²) in [7, 11) is 3.73. The second-order valence-corrected chi connectivity index (χ2v) is 9.66. The van der Waals surface area contributed by atoms with E-state index in [9.17, 15) is 15.2 Å². The number of carbonyl (C=O) groups excluding carboxylic acids is 1. The number of rotatable bonds is 9. The number of nitrogens with zero attached hydrogens (tertiary/aromatic N) is 5. The first kappa shape index (κ1) is 27.6. The van der Waals surface area contributed by atoms with Crippen LogP contribution in [0.2, 0.25) is 0 Å². The number of benzene rings is 2. The maximum atomic E-state index is 12.8. The Balaban J connectivity index is 1.40. The van der Waals surface area contributed by atoms with Crippen LogP contribution in [-0.4, -0.2) is 77.2 Å². The van der Waals surface area contributed by atoms with Crippen LogP contribution in [0.1, 0.15) is 6.42 Å². The monoisotopic (exact) mass is 527 g/mol. The molecule has 0 saturated carbocycles. The van der Waals surface area contributed by atoms with Gasteiger partial charge < -0.3 is 30.7 Å². The number of carbonyl (C=O) groups is 1. The predicted octanol–water partition coefficient (Wildman–Crippen LogP) is 3.15. The van der Waals surface area contributed by atoms with E-state index in [1.807, 2.05) is 79.7 Å². The Morgan fingerprint density at radius 2 is 1.92 bits per heavy atom. The van der Waals surface area contributed by atoms with E-state index in [1.54, 1.807) is 11.0 Å². The SMILES string of the molecule is CN(C)C/C=C(\C#N)C(=O)N1CC[C@@H](CNc2ncnc(N)c2-c2ccc(Oc3ccccc3)cc2)[C@H](O)C1. The molecule has 1 aromatic heterocycles. The number of para-hydroxylation sites is 1. The van der Waals surface area contributed by atoms with Crippen molar-refractivity contribution in [2.45, 2.75) is 12.5 Å². The van der Waals surface area contributed by atoms with Gasteiger partial charge in [0, 0.05) is 32.1 Å². The lowest BCUT2D eigenvalue weighted by molar-refractivity contribution is -0.130. The molecule has 1 saturated heterocycles. The van der Waals surface area contributed by atoms with Gasteiger partial charge in [-0.15, -0.1) is 0 Å². The Bertz CT molecular complexity index is 1340. The van der Waals surface area contributed by atoms with E-state index >= 15 is 0 Å². The van der Waals surface area contributed by atoms with Crippen molar-refractivity contribution >= 4 is 17.5 Å². The first-order chi connectivity index (χ1) is 18.9. The molecule has 10 nitrogen and oxygen atoms in total. The molecule has 0 radical (unpaired) electrons. The van der Waals surface area contributed by atoms with Crippen molar-refractivity contribution in [2.75, 3.05) is 51.3 Å². The van der Waals surface area contributed by atoms with Crippen molar-refractivity contribution in [3.05, 3.63) is 72.6 Å². The molecular weight excluding hydrogens is 494 g/mol. The Labute approximate surface area is 228 Å². The van der Waals surface area contributed by atoms with E-state index in [-0.39, 0.29) is 23.9 Å². The van der Waals surface area contributed by atoms with Crippen molar-refractivity contribution in [3.63, 3.8) is 0 Å². The lowest BCUT2D eigenvalue weighted by Crippen LogP contribution is -2.48. The van der Waals surface area contributed by atoms with Crippen LogP contribution >= 0.6 is 0 Å². The van der Waals surface area contributed by atoms with Crippen LogP contribution in [0.4, 0.5) is 11.6 Å².